The highest BCUT2D eigenvalue weighted by atomic mass is 79.9. The normalized spacial score (nSPS) is 11.2. The number of methoxy groups -OCH3 is 2. The van der Waals surface area contributed by atoms with Gasteiger partial charge in [0.05, 0.1) is 0 Å². The summed E-state index contributed by atoms with van der Waals surface area (Å²) in [5.41, 5.74) is 1.10. The molecule has 0 amide bonds. The number of ether oxygens (including phenoxy) is 2. The van der Waals surface area contributed by atoms with E-state index in [1.807, 2.05) is 0 Å². The molecular formula is C12H11BrFNO2S. The van der Waals surface area contributed by atoms with Crippen LogP contribution in [0, 0.1) is 5.82 Å². The number of aromatic nitrogens is 1. The Labute approximate surface area is 117 Å². The van der Waals surface area contributed by atoms with E-state index in [2.05, 4.69) is 20.9 Å². The van der Waals surface area contributed by atoms with E-state index >= 15 is 0 Å². The van der Waals surface area contributed by atoms with Gasteiger partial charge in [0.2, 0.25) is 6.29 Å². The van der Waals surface area contributed by atoms with Crippen LogP contribution in [0.4, 0.5) is 4.39 Å². The Morgan fingerprint density at radius 3 is 2.72 bits per heavy atom. The number of benzene rings is 1. The van der Waals surface area contributed by atoms with Crippen LogP contribution >= 0.6 is 27.3 Å². The molecule has 1 aromatic heterocycles. The van der Waals surface area contributed by atoms with Gasteiger partial charge in [-0.2, -0.15) is 0 Å². The minimum absolute atomic E-state index is 0.300. The lowest BCUT2D eigenvalue weighted by Crippen LogP contribution is -2.03. The first kappa shape index (κ1) is 13.6. The Morgan fingerprint density at radius 2 is 2.06 bits per heavy atom. The van der Waals surface area contributed by atoms with Crippen molar-refractivity contribution in [3.05, 3.63) is 39.6 Å². The van der Waals surface area contributed by atoms with Crippen LogP contribution in [0.2, 0.25) is 0 Å². The van der Waals surface area contributed by atoms with Gasteiger partial charge in [-0.3, -0.25) is 0 Å². The van der Waals surface area contributed by atoms with E-state index in [1.54, 1.807) is 17.5 Å². The molecule has 0 saturated carbocycles. The Bertz CT molecular complexity index is 543. The van der Waals surface area contributed by atoms with Gasteiger partial charge in [-0.1, -0.05) is 15.9 Å². The fraction of sp³-hybridized carbons (Fsp3) is 0.250. The van der Waals surface area contributed by atoms with Gasteiger partial charge in [0.25, 0.3) is 0 Å². The van der Waals surface area contributed by atoms with Crippen LogP contribution in [-0.4, -0.2) is 19.2 Å². The summed E-state index contributed by atoms with van der Waals surface area (Å²) in [7, 11) is 3.07. The summed E-state index contributed by atoms with van der Waals surface area (Å²) in [6.07, 6.45) is -0.523. The van der Waals surface area contributed by atoms with Crippen LogP contribution < -0.4 is 0 Å². The van der Waals surface area contributed by atoms with Gasteiger partial charge < -0.3 is 9.47 Å². The zero-order valence-corrected chi connectivity index (χ0v) is 12.2. The third-order valence-electron chi connectivity index (χ3n) is 2.35. The minimum atomic E-state index is -0.523. The predicted octanol–water partition coefficient (Wildman–Crippen LogP) is 4.00. The summed E-state index contributed by atoms with van der Waals surface area (Å²) in [5.74, 6) is -0.300. The van der Waals surface area contributed by atoms with Crippen LogP contribution in [0.25, 0.3) is 10.6 Å². The lowest BCUT2D eigenvalue weighted by Gasteiger charge is -2.09. The summed E-state index contributed by atoms with van der Waals surface area (Å²) < 4.78 is 24.7. The molecule has 0 unspecified atom stereocenters. The zero-order chi connectivity index (χ0) is 13.1. The topological polar surface area (TPSA) is 31.4 Å². The first-order valence-electron chi connectivity index (χ1n) is 5.12. The number of hydrogen-bond acceptors (Lipinski definition) is 4. The second-order valence-electron chi connectivity index (χ2n) is 3.51. The average Bonchev–Trinajstić information content (AvgIpc) is 2.83. The Balaban J connectivity index is 2.37. The largest absolute Gasteiger partial charge is 0.350 e. The molecule has 0 spiro atoms. The number of thiazole rings is 1. The fourth-order valence-electron chi connectivity index (χ4n) is 1.52. The lowest BCUT2D eigenvalue weighted by molar-refractivity contribution is -0.108. The molecule has 2 aromatic rings. The molecule has 0 saturated heterocycles. The van der Waals surface area contributed by atoms with Crippen molar-refractivity contribution < 1.29 is 13.9 Å². The molecule has 3 nitrogen and oxygen atoms in total. The van der Waals surface area contributed by atoms with Gasteiger partial charge >= 0.3 is 0 Å². The summed E-state index contributed by atoms with van der Waals surface area (Å²) >= 11 is 4.67. The van der Waals surface area contributed by atoms with Gasteiger partial charge in [-0.25, -0.2) is 9.37 Å². The van der Waals surface area contributed by atoms with E-state index in [0.717, 1.165) is 4.47 Å². The van der Waals surface area contributed by atoms with Crippen molar-refractivity contribution in [1.29, 1.82) is 0 Å². The first-order chi connectivity index (χ1) is 8.65. The molecule has 2 rings (SSSR count). The van der Waals surface area contributed by atoms with Gasteiger partial charge in [0.15, 0.2) is 0 Å². The van der Waals surface area contributed by atoms with Crippen molar-refractivity contribution in [3.8, 4) is 10.6 Å². The third kappa shape index (κ3) is 2.77. The number of nitrogens with zero attached hydrogens (tertiary/aromatic N) is 1. The monoisotopic (exact) mass is 331 g/mol. The molecular weight excluding hydrogens is 321 g/mol. The van der Waals surface area contributed by atoms with Gasteiger partial charge in [-0.05, 0) is 18.2 Å². The molecule has 18 heavy (non-hydrogen) atoms. The number of halogens is 2. The molecule has 0 fully saturated rings. The third-order valence-corrected chi connectivity index (χ3v) is 3.74. The molecule has 6 heteroatoms. The van der Waals surface area contributed by atoms with E-state index in [9.17, 15) is 4.39 Å². The van der Waals surface area contributed by atoms with Crippen LogP contribution in [0.5, 0.6) is 0 Å². The molecule has 1 heterocycles. The van der Waals surface area contributed by atoms with Crippen molar-refractivity contribution in [2.45, 2.75) is 6.29 Å². The van der Waals surface area contributed by atoms with Crippen LogP contribution in [0.15, 0.2) is 28.1 Å². The maximum atomic E-state index is 13.7. The smallest absolute Gasteiger partial charge is 0.201 e. The average molecular weight is 332 g/mol. The summed E-state index contributed by atoms with van der Waals surface area (Å²) in [6, 6.07) is 4.76. The van der Waals surface area contributed by atoms with E-state index < -0.39 is 6.29 Å². The molecule has 0 aliphatic carbocycles. The number of hydrogen-bond donors (Lipinski definition) is 0. The molecule has 0 radical (unpaired) electrons. The van der Waals surface area contributed by atoms with Crippen molar-refractivity contribution in [3.63, 3.8) is 0 Å². The van der Waals surface area contributed by atoms with Crippen LogP contribution in [0.3, 0.4) is 0 Å². The lowest BCUT2D eigenvalue weighted by atomic mass is 10.2. The van der Waals surface area contributed by atoms with Gasteiger partial charge in [0.1, 0.15) is 16.5 Å². The van der Waals surface area contributed by atoms with Crippen molar-refractivity contribution in [2.75, 3.05) is 14.2 Å². The predicted molar refractivity (Wildman–Crippen MR) is 72.0 cm³/mol. The highest BCUT2D eigenvalue weighted by Gasteiger charge is 2.16. The molecule has 96 valence electrons. The molecule has 0 aliphatic heterocycles. The van der Waals surface area contributed by atoms with E-state index in [-0.39, 0.29) is 5.82 Å². The number of rotatable bonds is 4. The van der Waals surface area contributed by atoms with Crippen LogP contribution in [0.1, 0.15) is 12.0 Å². The van der Waals surface area contributed by atoms with E-state index in [1.165, 1.54) is 31.6 Å². The quantitative estimate of drug-likeness (QED) is 0.793. The second kappa shape index (κ2) is 5.88. The maximum absolute atomic E-state index is 13.7. The molecule has 1 aromatic carbocycles. The Kier molecular flexibility index (Phi) is 4.45. The van der Waals surface area contributed by atoms with Crippen molar-refractivity contribution >= 4 is 27.3 Å². The highest BCUT2D eigenvalue weighted by molar-refractivity contribution is 9.10. The summed E-state index contributed by atoms with van der Waals surface area (Å²) in [4.78, 5) is 4.33. The fourth-order valence-corrected chi connectivity index (χ4v) is 2.72. The zero-order valence-electron chi connectivity index (χ0n) is 9.81. The summed E-state index contributed by atoms with van der Waals surface area (Å²) in [5, 5.41) is 2.40. The van der Waals surface area contributed by atoms with Gasteiger partial charge in [0, 0.05) is 29.6 Å². The van der Waals surface area contributed by atoms with Crippen molar-refractivity contribution in [2.24, 2.45) is 0 Å². The molecule has 0 N–H and O–H groups in total. The van der Waals surface area contributed by atoms with E-state index in [0.29, 0.717) is 16.3 Å². The van der Waals surface area contributed by atoms with E-state index in [4.69, 9.17) is 9.47 Å². The Hall–Kier alpha value is -0.820. The minimum Gasteiger partial charge on any atom is -0.350 e. The van der Waals surface area contributed by atoms with Crippen LogP contribution in [-0.2, 0) is 9.47 Å². The molecule has 0 aliphatic rings. The molecule has 0 atom stereocenters. The van der Waals surface area contributed by atoms with Gasteiger partial charge in [-0.15, -0.1) is 11.3 Å². The highest BCUT2D eigenvalue weighted by Crippen LogP contribution is 2.31. The maximum Gasteiger partial charge on any atom is 0.201 e. The first-order valence-corrected chi connectivity index (χ1v) is 6.79. The second-order valence-corrected chi connectivity index (χ2v) is 5.28. The summed E-state index contributed by atoms with van der Waals surface area (Å²) in [6.45, 7) is 0. The SMILES string of the molecule is COC(OC)c1csc(-c2cc(Br)ccc2F)n1. The Morgan fingerprint density at radius 1 is 1.33 bits per heavy atom. The molecule has 0 bridgehead atoms. The van der Waals surface area contributed by atoms with Crippen molar-refractivity contribution in [1.82, 2.24) is 4.98 Å². The standard InChI is InChI=1S/C12H11BrFNO2S/c1-16-12(17-2)10-6-18-11(15-10)8-5-7(13)3-4-9(8)14/h3-6,12H,1-2H3.